The molecule has 1 atom stereocenters. The molecule has 1 unspecified atom stereocenters. The second kappa shape index (κ2) is 4.08. The molecule has 1 heterocycles. The van der Waals surface area contributed by atoms with Crippen molar-refractivity contribution in [2.24, 2.45) is 0 Å². The minimum atomic E-state index is -0.340. The smallest absolute Gasteiger partial charge is 0.290 e. The van der Waals surface area contributed by atoms with E-state index in [9.17, 15) is 9.59 Å². The molecule has 0 radical (unpaired) electrons. The van der Waals surface area contributed by atoms with Crippen LogP contribution in [0, 0.1) is 6.92 Å². The molecule has 0 saturated carbocycles. The predicted octanol–water partition coefficient (Wildman–Crippen LogP) is 1.86. The van der Waals surface area contributed by atoms with E-state index >= 15 is 0 Å². The van der Waals surface area contributed by atoms with E-state index in [4.69, 9.17) is 0 Å². The van der Waals surface area contributed by atoms with Crippen LogP contribution >= 0.6 is 0 Å². The Balaban J connectivity index is 2.19. The number of ketones is 1. The molecule has 1 aliphatic rings. The molecule has 1 aromatic rings. The Bertz CT molecular complexity index is 422. The zero-order valence-electron chi connectivity index (χ0n) is 9.56. The summed E-state index contributed by atoms with van der Waals surface area (Å²) in [4.78, 5) is 24.4. The molecule has 1 amide bonds. The molecule has 1 aromatic carbocycles. The summed E-state index contributed by atoms with van der Waals surface area (Å²) in [6.07, 6.45) is 0.356. The van der Waals surface area contributed by atoms with Crippen molar-refractivity contribution in [1.29, 1.82) is 0 Å². The Hall–Kier alpha value is -1.64. The van der Waals surface area contributed by atoms with Crippen LogP contribution in [0.1, 0.15) is 30.5 Å². The van der Waals surface area contributed by atoms with Gasteiger partial charge in [0, 0.05) is 13.0 Å². The van der Waals surface area contributed by atoms with Gasteiger partial charge in [0.2, 0.25) is 5.78 Å². The Labute approximate surface area is 95.1 Å². The van der Waals surface area contributed by atoms with Gasteiger partial charge >= 0.3 is 0 Å². The Kier molecular flexibility index (Phi) is 2.77. The number of carbonyl (C=O) groups excluding carboxylic acids is 2. The number of hydrogen-bond donors (Lipinski definition) is 0. The summed E-state index contributed by atoms with van der Waals surface area (Å²) in [7, 11) is 0. The standard InChI is InChI=1S/C13H15NO2/c1-9-3-5-11(6-4-9)10(2)14-8-7-12(15)13(14)16/h3-6,10H,7-8H2,1-2H3. The van der Waals surface area contributed by atoms with Crippen LogP contribution in [0.4, 0.5) is 0 Å². The lowest BCUT2D eigenvalue weighted by atomic mass is 10.1. The van der Waals surface area contributed by atoms with Crippen LogP contribution in [-0.4, -0.2) is 23.1 Å². The highest BCUT2D eigenvalue weighted by atomic mass is 16.2. The number of Topliss-reactive ketones (excluding diaryl/α,β-unsaturated/α-hetero) is 1. The second-order valence-electron chi connectivity index (χ2n) is 4.26. The van der Waals surface area contributed by atoms with Crippen molar-refractivity contribution in [3.05, 3.63) is 35.4 Å². The van der Waals surface area contributed by atoms with Crippen LogP contribution in [-0.2, 0) is 9.59 Å². The zero-order valence-corrected chi connectivity index (χ0v) is 9.56. The molecule has 1 aliphatic heterocycles. The van der Waals surface area contributed by atoms with Gasteiger partial charge in [-0.3, -0.25) is 9.59 Å². The molecule has 0 N–H and O–H groups in total. The van der Waals surface area contributed by atoms with Gasteiger partial charge in [0.15, 0.2) is 0 Å². The molecule has 1 saturated heterocycles. The average Bonchev–Trinajstić information content (AvgIpc) is 2.60. The molecule has 0 aliphatic carbocycles. The van der Waals surface area contributed by atoms with E-state index in [-0.39, 0.29) is 17.7 Å². The maximum atomic E-state index is 11.6. The summed E-state index contributed by atoms with van der Waals surface area (Å²) in [5.41, 5.74) is 2.27. The number of amides is 1. The molecule has 16 heavy (non-hydrogen) atoms. The van der Waals surface area contributed by atoms with Crippen molar-refractivity contribution in [2.45, 2.75) is 26.3 Å². The minimum absolute atomic E-state index is 0.0143. The third-order valence-electron chi connectivity index (χ3n) is 3.11. The fraction of sp³-hybridized carbons (Fsp3) is 0.385. The quantitative estimate of drug-likeness (QED) is 0.709. The maximum absolute atomic E-state index is 11.6. The Morgan fingerprint density at radius 3 is 2.31 bits per heavy atom. The Morgan fingerprint density at radius 2 is 1.81 bits per heavy atom. The van der Waals surface area contributed by atoms with Crippen LogP contribution in [0.3, 0.4) is 0 Å². The van der Waals surface area contributed by atoms with Gasteiger partial charge in [-0.2, -0.15) is 0 Å². The maximum Gasteiger partial charge on any atom is 0.290 e. The SMILES string of the molecule is Cc1ccc(C(C)N2CCC(=O)C2=O)cc1. The minimum Gasteiger partial charge on any atom is -0.329 e. The summed E-state index contributed by atoms with van der Waals surface area (Å²) < 4.78 is 0. The molecule has 3 nitrogen and oxygen atoms in total. The molecular weight excluding hydrogens is 202 g/mol. The number of benzene rings is 1. The summed E-state index contributed by atoms with van der Waals surface area (Å²) in [5.74, 6) is -0.605. The lowest BCUT2D eigenvalue weighted by Gasteiger charge is -2.23. The average molecular weight is 217 g/mol. The lowest BCUT2D eigenvalue weighted by Crippen LogP contribution is -2.30. The first-order chi connectivity index (χ1) is 7.59. The van der Waals surface area contributed by atoms with Crippen LogP contribution in [0.25, 0.3) is 0 Å². The lowest BCUT2D eigenvalue weighted by molar-refractivity contribution is -0.141. The van der Waals surface area contributed by atoms with Crippen molar-refractivity contribution in [3.63, 3.8) is 0 Å². The molecule has 0 aromatic heterocycles. The predicted molar refractivity (Wildman–Crippen MR) is 60.9 cm³/mol. The van der Waals surface area contributed by atoms with Gasteiger partial charge in [-0.05, 0) is 19.4 Å². The molecule has 3 heteroatoms. The van der Waals surface area contributed by atoms with Crippen molar-refractivity contribution in [1.82, 2.24) is 4.90 Å². The molecule has 0 bridgehead atoms. The monoisotopic (exact) mass is 217 g/mol. The number of hydrogen-bond acceptors (Lipinski definition) is 2. The van der Waals surface area contributed by atoms with Crippen LogP contribution in [0.15, 0.2) is 24.3 Å². The van der Waals surface area contributed by atoms with Gasteiger partial charge in [0.1, 0.15) is 0 Å². The van der Waals surface area contributed by atoms with E-state index in [1.54, 1.807) is 4.90 Å². The number of rotatable bonds is 2. The van der Waals surface area contributed by atoms with Gasteiger partial charge in [-0.1, -0.05) is 29.8 Å². The molecule has 84 valence electrons. The van der Waals surface area contributed by atoms with Crippen LogP contribution in [0.5, 0.6) is 0 Å². The Morgan fingerprint density at radius 1 is 1.19 bits per heavy atom. The number of likely N-dealkylation sites (tertiary alicyclic amines) is 1. The van der Waals surface area contributed by atoms with Gasteiger partial charge in [-0.25, -0.2) is 0 Å². The van der Waals surface area contributed by atoms with Gasteiger partial charge in [0.05, 0.1) is 6.04 Å². The first kappa shape index (κ1) is 10.9. The summed E-state index contributed by atoms with van der Waals surface area (Å²) >= 11 is 0. The first-order valence-electron chi connectivity index (χ1n) is 5.50. The van der Waals surface area contributed by atoms with Crippen molar-refractivity contribution >= 4 is 11.7 Å². The second-order valence-corrected chi connectivity index (χ2v) is 4.26. The van der Waals surface area contributed by atoms with Crippen molar-refractivity contribution in [2.75, 3.05) is 6.54 Å². The van der Waals surface area contributed by atoms with E-state index < -0.39 is 0 Å². The fourth-order valence-corrected chi connectivity index (χ4v) is 1.99. The molecule has 2 rings (SSSR count). The number of nitrogens with zero attached hydrogens (tertiary/aromatic N) is 1. The van der Waals surface area contributed by atoms with Crippen LogP contribution < -0.4 is 0 Å². The number of carbonyl (C=O) groups is 2. The highest BCUT2D eigenvalue weighted by Gasteiger charge is 2.32. The molecule has 0 spiro atoms. The molecular formula is C13H15NO2. The van der Waals surface area contributed by atoms with Gasteiger partial charge < -0.3 is 4.90 Å². The van der Waals surface area contributed by atoms with Crippen molar-refractivity contribution in [3.8, 4) is 0 Å². The third-order valence-corrected chi connectivity index (χ3v) is 3.11. The molecule has 1 fully saturated rings. The van der Waals surface area contributed by atoms with Gasteiger partial charge in [-0.15, -0.1) is 0 Å². The number of aryl methyl sites for hydroxylation is 1. The van der Waals surface area contributed by atoms with E-state index in [0.29, 0.717) is 13.0 Å². The third kappa shape index (κ3) is 1.85. The van der Waals surface area contributed by atoms with E-state index in [2.05, 4.69) is 0 Å². The largest absolute Gasteiger partial charge is 0.329 e. The summed E-state index contributed by atoms with van der Waals surface area (Å²) in [6.45, 7) is 4.53. The highest BCUT2D eigenvalue weighted by molar-refractivity contribution is 6.37. The highest BCUT2D eigenvalue weighted by Crippen LogP contribution is 2.24. The normalized spacial score (nSPS) is 18.0. The fourth-order valence-electron chi connectivity index (χ4n) is 1.99. The topological polar surface area (TPSA) is 37.4 Å². The van der Waals surface area contributed by atoms with Crippen molar-refractivity contribution < 1.29 is 9.59 Å². The van der Waals surface area contributed by atoms with Gasteiger partial charge in [0.25, 0.3) is 5.91 Å². The van der Waals surface area contributed by atoms with Crippen LogP contribution in [0.2, 0.25) is 0 Å². The summed E-state index contributed by atoms with van der Waals surface area (Å²) in [6, 6.07) is 8.05. The zero-order chi connectivity index (χ0) is 11.7. The van der Waals surface area contributed by atoms with E-state index in [1.165, 1.54) is 5.56 Å². The first-order valence-corrected chi connectivity index (χ1v) is 5.50. The summed E-state index contributed by atoms with van der Waals surface area (Å²) in [5, 5.41) is 0. The van der Waals surface area contributed by atoms with E-state index in [1.807, 2.05) is 38.1 Å². The van der Waals surface area contributed by atoms with E-state index in [0.717, 1.165) is 5.56 Å².